The maximum atomic E-state index is 12.4. The molecule has 18 heteroatoms. The lowest BCUT2D eigenvalue weighted by molar-refractivity contribution is 0.0193. The summed E-state index contributed by atoms with van der Waals surface area (Å²) in [4.78, 5) is 44.0. The van der Waals surface area contributed by atoms with Gasteiger partial charge in [-0.25, -0.2) is 19.6 Å². The summed E-state index contributed by atoms with van der Waals surface area (Å²) in [6.07, 6.45) is 4.66. The fourth-order valence-corrected chi connectivity index (χ4v) is 8.31. The topological polar surface area (TPSA) is 161 Å². The van der Waals surface area contributed by atoms with Crippen LogP contribution in [0.3, 0.4) is 0 Å². The number of amides is 2. The number of ether oxygens (including phenoxy) is 2. The van der Waals surface area contributed by atoms with Crippen molar-refractivity contribution < 1.29 is 19.1 Å². The Balaban J connectivity index is 0.000000200. The molecule has 314 valence electrons. The van der Waals surface area contributed by atoms with Crippen LogP contribution in [0.5, 0.6) is 0 Å². The summed E-state index contributed by atoms with van der Waals surface area (Å²) in [6, 6.07) is 8.17. The van der Waals surface area contributed by atoms with Gasteiger partial charge in [0.05, 0.1) is 22.8 Å². The Morgan fingerprint density at radius 3 is 1.67 bits per heavy atom. The number of imidazole rings is 2. The normalized spacial score (nSPS) is 15.7. The highest BCUT2D eigenvalue weighted by Crippen LogP contribution is 2.33. The van der Waals surface area contributed by atoms with Crippen molar-refractivity contribution in [3.05, 3.63) is 51.8 Å². The maximum Gasteiger partial charge on any atom is 0.410 e. The van der Waals surface area contributed by atoms with E-state index in [1.165, 1.54) is 11.5 Å². The third-order valence-electron chi connectivity index (χ3n) is 10.1. The number of piperidine rings is 2. The van der Waals surface area contributed by atoms with Gasteiger partial charge in [-0.2, -0.15) is 28.6 Å². The Morgan fingerprint density at radius 2 is 1.24 bits per heavy atom. The first-order valence-electron chi connectivity index (χ1n) is 20.1. The quantitative estimate of drug-likeness (QED) is 0.167. The average molecular weight is 882 g/mol. The molecule has 0 radical (unpaired) electrons. The lowest BCUT2D eigenvalue weighted by Gasteiger charge is -2.33. The summed E-state index contributed by atoms with van der Waals surface area (Å²) in [6.45, 7) is 18.3. The van der Waals surface area contributed by atoms with Crippen LogP contribution in [-0.4, -0.2) is 112 Å². The molecule has 0 spiro atoms. The zero-order valence-corrected chi connectivity index (χ0v) is 37.8. The molecule has 0 atom stereocenters. The smallest absolute Gasteiger partial charge is 0.410 e. The third-order valence-corrected chi connectivity index (χ3v) is 11.5. The van der Waals surface area contributed by atoms with Gasteiger partial charge >= 0.3 is 12.2 Å². The Kier molecular flexibility index (Phi) is 13.1. The van der Waals surface area contributed by atoms with Gasteiger partial charge in [0, 0.05) is 63.6 Å². The molecule has 2 saturated heterocycles. The van der Waals surface area contributed by atoms with Crippen LogP contribution in [0.25, 0.3) is 11.3 Å². The van der Waals surface area contributed by atoms with Gasteiger partial charge in [0.2, 0.25) is 9.87 Å². The lowest BCUT2D eigenvalue weighted by atomic mass is 9.93. The summed E-state index contributed by atoms with van der Waals surface area (Å²) in [7, 11) is 3.86. The van der Waals surface area contributed by atoms with Gasteiger partial charge in [0.1, 0.15) is 11.2 Å². The number of hydrogen-bond acceptors (Lipinski definition) is 13. The van der Waals surface area contributed by atoms with Crippen molar-refractivity contribution in [3.8, 4) is 0 Å². The molecular formula is C40H57BrN12O4S. The van der Waals surface area contributed by atoms with E-state index >= 15 is 0 Å². The summed E-state index contributed by atoms with van der Waals surface area (Å²) < 4.78 is 19.6. The summed E-state index contributed by atoms with van der Waals surface area (Å²) in [5, 5.41) is 13.8. The van der Waals surface area contributed by atoms with Crippen LogP contribution in [0, 0.1) is 0 Å². The average Bonchev–Trinajstić information content (AvgIpc) is 3.90. The van der Waals surface area contributed by atoms with E-state index in [0.717, 1.165) is 89.4 Å². The summed E-state index contributed by atoms with van der Waals surface area (Å²) >= 11 is 4.65. The van der Waals surface area contributed by atoms with Crippen molar-refractivity contribution in [2.24, 2.45) is 0 Å². The number of rotatable bonds is 7. The van der Waals surface area contributed by atoms with Crippen molar-refractivity contribution in [1.29, 1.82) is 0 Å². The van der Waals surface area contributed by atoms with E-state index in [4.69, 9.17) is 24.7 Å². The fraction of sp³-hybridized carbons (Fsp3) is 0.600. The van der Waals surface area contributed by atoms with Crippen LogP contribution >= 0.6 is 27.5 Å². The molecule has 2 amide bonds. The Labute approximate surface area is 353 Å². The van der Waals surface area contributed by atoms with Crippen molar-refractivity contribution in [2.75, 3.05) is 50.5 Å². The lowest BCUT2D eigenvalue weighted by Crippen LogP contribution is -2.41. The molecule has 0 saturated carbocycles. The number of anilines is 3. The minimum absolute atomic E-state index is 0.223. The molecule has 2 aliphatic heterocycles. The van der Waals surface area contributed by atoms with E-state index in [0.29, 0.717) is 36.8 Å². The largest absolute Gasteiger partial charge is 0.444 e. The van der Waals surface area contributed by atoms with Gasteiger partial charge in [0.25, 0.3) is 0 Å². The Hall–Kier alpha value is -4.58. The molecule has 2 aliphatic rings. The van der Waals surface area contributed by atoms with Crippen LogP contribution in [0.1, 0.15) is 116 Å². The maximum absolute atomic E-state index is 12.4. The Bertz CT molecular complexity index is 2210. The highest BCUT2D eigenvalue weighted by Gasteiger charge is 2.30. The molecule has 58 heavy (non-hydrogen) atoms. The number of aryl methyl sites for hydroxylation is 2. The van der Waals surface area contributed by atoms with E-state index in [1.807, 2.05) is 81.7 Å². The number of halogens is 1. The van der Waals surface area contributed by atoms with Gasteiger partial charge in [-0.1, -0.05) is 13.8 Å². The van der Waals surface area contributed by atoms with Crippen molar-refractivity contribution >= 4 is 67.7 Å². The number of carbonyl (C=O) groups excluding carboxylic acids is 2. The van der Waals surface area contributed by atoms with Gasteiger partial charge in [-0.15, -0.1) is 0 Å². The Morgan fingerprint density at radius 1 is 0.776 bits per heavy atom. The van der Waals surface area contributed by atoms with E-state index in [2.05, 4.69) is 61.6 Å². The molecule has 0 unspecified atom stereocenters. The van der Waals surface area contributed by atoms with Crippen molar-refractivity contribution in [2.45, 2.75) is 117 Å². The second-order valence-corrected chi connectivity index (χ2v) is 18.1. The highest BCUT2D eigenvalue weighted by molar-refractivity contribution is 9.10. The van der Waals surface area contributed by atoms with Crippen LogP contribution in [0.4, 0.5) is 26.4 Å². The second-order valence-electron chi connectivity index (χ2n) is 16.7. The van der Waals surface area contributed by atoms with Crippen LogP contribution in [-0.2, 0) is 22.3 Å². The zero-order chi connectivity index (χ0) is 41.9. The molecule has 0 bridgehead atoms. The molecule has 7 rings (SSSR count). The van der Waals surface area contributed by atoms with Crippen LogP contribution in [0.15, 0.2) is 29.0 Å². The SMILES string of the molecule is CCc1nc2ccc(C3CCN(C(=O)OC(C)(C)C)CC3)nn2c1N(C)c1nc(Br)ns1.CCc1nc2ccc(C3CCN(C(=O)OC(C)(C)C)CC3)nn2c1NC. The molecule has 0 aliphatic carbocycles. The van der Waals surface area contributed by atoms with E-state index < -0.39 is 11.2 Å². The molecular weight excluding hydrogens is 824 g/mol. The van der Waals surface area contributed by atoms with Crippen molar-refractivity contribution in [1.82, 2.24) is 48.4 Å². The van der Waals surface area contributed by atoms with Crippen LogP contribution in [0.2, 0.25) is 0 Å². The number of fused-ring (bicyclic) bond motifs is 2. The van der Waals surface area contributed by atoms with Crippen molar-refractivity contribution in [3.63, 3.8) is 0 Å². The molecule has 0 aromatic carbocycles. The summed E-state index contributed by atoms with van der Waals surface area (Å²) in [5.74, 6) is 2.48. The van der Waals surface area contributed by atoms with Gasteiger partial charge in [0.15, 0.2) is 22.9 Å². The number of nitrogens with one attached hydrogen (secondary N) is 1. The number of carbonyl (C=O) groups is 2. The molecule has 16 nitrogen and oxygen atoms in total. The minimum atomic E-state index is -0.482. The van der Waals surface area contributed by atoms with Gasteiger partial charge < -0.3 is 29.5 Å². The second kappa shape index (κ2) is 17.7. The van der Waals surface area contributed by atoms with Gasteiger partial charge in [-0.3, -0.25) is 0 Å². The zero-order valence-electron chi connectivity index (χ0n) is 35.4. The molecule has 5 aromatic rings. The molecule has 7 heterocycles. The first kappa shape index (κ1) is 43.0. The van der Waals surface area contributed by atoms with E-state index in [9.17, 15) is 9.59 Å². The number of aromatic nitrogens is 8. The number of nitrogens with zero attached hydrogens (tertiary/aromatic N) is 11. The number of likely N-dealkylation sites (tertiary alicyclic amines) is 2. The standard InChI is InChI=1S/C21H28BrN7O2S.C19H29N5O2/c1-6-14-17(27(5)19-24-18(22)26-32-19)29-16(23-14)8-7-15(25-29)13-9-11-28(12-10-13)20(30)31-21(2,3)4;1-6-14-17(20-5)24-16(21-14)8-7-15(22-24)13-9-11-23(12-10-13)18(25)26-19(2,3)4/h7-8,13H,6,9-12H2,1-5H3;7-8,13,20H,6,9-12H2,1-5H3. The predicted octanol–water partition coefficient (Wildman–Crippen LogP) is 8.24. The fourth-order valence-electron chi connectivity index (χ4n) is 7.27. The van der Waals surface area contributed by atoms with Gasteiger partial charge in [-0.05, 0) is 120 Å². The van der Waals surface area contributed by atoms with E-state index in [1.54, 1.807) is 9.80 Å². The molecule has 2 fully saturated rings. The van der Waals surface area contributed by atoms with Crippen LogP contribution < -0.4 is 10.2 Å². The molecule has 1 N–H and O–H groups in total. The summed E-state index contributed by atoms with van der Waals surface area (Å²) in [5.41, 5.74) is 4.78. The first-order valence-corrected chi connectivity index (χ1v) is 21.7. The monoisotopic (exact) mass is 880 g/mol. The minimum Gasteiger partial charge on any atom is -0.444 e. The predicted molar refractivity (Wildman–Crippen MR) is 230 cm³/mol. The number of hydrogen-bond donors (Lipinski definition) is 1. The molecule has 5 aromatic heterocycles. The highest BCUT2D eigenvalue weighted by atomic mass is 79.9. The first-order chi connectivity index (χ1) is 27.5. The third kappa shape index (κ3) is 9.98. The van der Waals surface area contributed by atoms with E-state index in [-0.39, 0.29) is 18.1 Å².